The van der Waals surface area contributed by atoms with Gasteiger partial charge in [0.25, 0.3) is 0 Å². The molecule has 0 unspecified atom stereocenters. The van der Waals surface area contributed by atoms with Gasteiger partial charge in [-0.2, -0.15) is 0 Å². The Morgan fingerprint density at radius 3 is 2.52 bits per heavy atom. The van der Waals surface area contributed by atoms with Crippen LogP contribution >= 0.6 is 0 Å². The van der Waals surface area contributed by atoms with Crippen molar-refractivity contribution in [1.82, 2.24) is 10.6 Å². The van der Waals surface area contributed by atoms with Crippen LogP contribution in [0.15, 0.2) is 72.8 Å². The molecule has 2 N–H and O–H groups in total. The third kappa shape index (κ3) is 5.69. The molecule has 1 heterocycles. The Morgan fingerprint density at radius 1 is 0.903 bits per heavy atom. The number of urea groups is 1. The van der Waals surface area contributed by atoms with Crippen molar-refractivity contribution in [2.24, 2.45) is 0 Å². The lowest BCUT2D eigenvalue weighted by Crippen LogP contribution is -2.43. The molecule has 160 valence electrons. The second-order valence-corrected chi connectivity index (χ2v) is 7.46. The largest absolute Gasteiger partial charge is 0.497 e. The summed E-state index contributed by atoms with van der Waals surface area (Å²) in [6.07, 6.45) is 1.40. The van der Waals surface area contributed by atoms with E-state index in [4.69, 9.17) is 14.2 Å². The molecule has 0 fully saturated rings. The van der Waals surface area contributed by atoms with Crippen LogP contribution in [0, 0.1) is 0 Å². The maximum absolute atomic E-state index is 12.7. The first-order chi connectivity index (χ1) is 15.2. The minimum atomic E-state index is -0.204. The SMILES string of the molecule is COc1cccc(CNC(=O)N[C@H](Cc2ccccc2)Cc2ccc3c(c2)OCO3)c1. The van der Waals surface area contributed by atoms with Gasteiger partial charge in [0.2, 0.25) is 6.79 Å². The summed E-state index contributed by atoms with van der Waals surface area (Å²) >= 11 is 0. The van der Waals surface area contributed by atoms with E-state index in [1.165, 1.54) is 5.56 Å². The van der Waals surface area contributed by atoms with Crippen LogP contribution in [0.4, 0.5) is 4.79 Å². The summed E-state index contributed by atoms with van der Waals surface area (Å²) in [5.41, 5.74) is 3.23. The Labute approximate surface area is 182 Å². The van der Waals surface area contributed by atoms with Gasteiger partial charge in [-0.15, -0.1) is 0 Å². The van der Waals surface area contributed by atoms with Crippen LogP contribution in [0.1, 0.15) is 16.7 Å². The van der Waals surface area contributed by atoms with Crippen molar-refractivity contribution in [2.45, 2.75) is 25.4 Å². The number of rotatable bonds is 8. The molecule has 3 aromatic rings. The lowest BCUT2D eigenvalue weighted by atomic mass is 9.98. The number of amides is 2. The minimum absolute atomic E-state index is 0.0759. The number of hydrogen-bond acceptors (Lipinski definition) is 4. The number of carbonyl (C=O) groups is 1. The van der Waals surface area contributed by atoms with Gasteiger partial charge in [-0.3, -0.25) is 0 Å². The maximum atomic E-state index is 12.7. The highest BCUT2D eigenvalue weighted by molar-refractivity contribution is 5.74. The van der Waals surface area contributed by atoms with Crippen molar-refractivity contribution in [3.8, 4) is 17.2 Å². The molecule has 0 aromatic heterocycles. The normalized spacial score (nSPS) is 12.8. The van der Waals surface area contributed by atoms with Gasteiger partial charge in [-0.1, -0.05) is 48.5 Å². The first kappa shape index (κ1) is 20.6. The first-order valence-electron chi connectivity index (χ1n) is 10.3. The molecule has 1 aliphatic heterocycles. The van der Waals surface area contributed by atoms with E-state index in [1.54, 1.807) is 7.11 Å². The second kappa shape index (κ2) is 9.89. The molecule has 31 heavy (non-hydrogen) atoms. The quantitative estimate of drug-likeness (QED) is 0.579. The van der Waals surface area contributed by atoms with Crippen LogP contribution in [0.25, 0.3) is 0 Å². The number of hydrogen-bond donors (Lipinski definition) is 2. The highest BCUT2D eigenvalue weighted by Crippen LogP contribution is 2.32. The van der Waals surface area contributed by atoms with E-state index in [2.05, 4.69) is 22.8 Å². The van der Waals surface area contributed by atoms with Crippen LogP contribution in [-0.2, 0) is 19.4 Å². The summed E-state index contributed by atoms with van der Waals surface area (Å²) in [6.45, 7) is 0.669. The van der Waals surface area contributed by atoms with Gasteiger partial charge < -0.3 is 24.8 Å². The van der Waals surface area contributed by atoms with E-state index in [0.29, 0.717) is 13.0 Å². The summed E-state index contributed by atoms with van der Waals surface area (Å²) in [6, 6.07) is 23.4. The molecule has 4 rings (SSSR count). The molecule has 6 nitrogen and oxygen atoms in total. The molecule has 0 spiro atoms. The topological polar surface area (TPSA) is 68.8 Å². The van der Waals surface area contributed by atoms with E-state index in [9.17, 15) is 4.79 Å². The monoisotopic (exact) mass is 418 g/mol. The highest BCUT2D eigenvalue weighted by atomic mass is 16.7. The number of ether oxygens (including phenoxy) is 3. The zero-order valence-corrected chi connectivity index (χ0v) is 17.5. The van der Waals surface area contributed by atoms with E-state index >= 15 is 0 Å². The van der Waals surface area contributed by atoms with Crippen molar-refractivity contribution in [1.29, 1.82) is 0 Å². The van der Waals surface area contributed by atoms with Crippen molar-refractivity contribution in [3.63, 3.8) is 0 Å². The summed E-state index contributed by atoms with van der Waals surface area (Å²) in [5.74, 6) is 2.27. The standard InChI is InChI=1S/C25H26N2O4/c1-29-22-9-5-8-20(14-22)16-26-25(28)27-21(12-18-6-3-2-4-7-18)13-19-10-11-23-24(15-19)31-17-30-23/h2-11,14-15,21H,12-13,16-17H2,1H3,(H2,26,27,28)/t21-/m1/s1. The van der Waals surface area contributed by atoms with Gasteiger partial charge in [0, 0.05) is 12.6 Å². The molecule has 0 saturated heterocycles. The Morgan fingerprint density at radius 2 is 1.68 bits per heavy atom. The van der Waals surface area contributed by atoms with E-state index in [1.807, 2.05) is 60.7 Å². The van der Waals surface area contributed by atoms with Crippen LogP contribution < -0.4 is 24.8 Å². The van der Waals surface area contributed by atoms with Gasteiger partial charge in [-0.05, 0) is 53.8 Å². The van der Waals surface area contributed by atoms with Crippen molar-refractivity contribution in [2.75, 3.05) is 13.9 Å². The maximum Gasteiger partial charge on any atom is 0.315 e. The third-order valence-electron chi connectivity index (χ3n) is 5.17. The number of fused-ring (bicyclic) bond motifs is 1. The molecule has 6 heteroatoms. The smallest absolute Gasteiger partial charge is 0.315 e. The highest BCUT2D eigenvalue weighted by Gasteiger charge is 2.18. The van der Waals surface area contributed by atoms with E-state index in [-0.39, 0.29) is 18.9 Å². The molecule has 0 saturated carbocycles. The number of carbonyl (C=O) groups excluding carboxylic acids is 1. The number of benzene rings is 3. The molecular weight excluding hydrogens is 392 g/mol. The third-order valence-corrected chi connectivity index (χ3v) is 5.17. The summed E-state index contributed by atoms with van der Waals surface area (Å²) in [5, 5.41) is 6.07. The zero-order chi connectivity index (χ0) is 21.5. The Balaban J connectivity index is 1.41. The van der Waals surface area contributed by atoms with Gasteiger partial charge >= 0.3 is 6.03 Å². The molecule has 0 radical (unpaired) electrons. The van der Waals surface area contributed by atoms with Crippen molar-refractivity contribution >= 4 is 6.03 Å². The molecule has 0 bridgehead atoms. The van der Waals surface area contributed by atoms with Crippen LogP contribution in [0.2, 0.25) is 0 Å². The predicted octanol–water partition coefficient (Wildman–Crippen LogP) is 4.08. The lowest BCUT2D eigenvalue weighted by molar-refractivity contribution is 0.174. The average molecular weight is 418 g/mol. The second-order valence-electron chi connectivity index (χ2n) is 7.46. The Kier molecular flexibility index (Phi) is 6.57. The summed E-state index contributed by atoms with van der Waals surface area (Å²) in [4.78, 5) is 12.7. The Hall–Kier alpha value is -3.67. The van der Waals surface area contributed by atoms with Gasteiger partial charge in [0.15, 0.2) is 11.5 Å². The van der Waals surface area contributed by atoms with Crippen molar-refractivity contribution in [3.05, 3.63) is 89.5 Å². The van der Waals surface area contributed by atoms with Gasteiger partial charge in [0.1, 0.15) is 5.75 Å². The molecule has 0 aliphatic carbocycles. The van der Waals surface area contributed by atoms with Gasteiger partial charge in [-0.25, -0.2) is 4.79 Å². The molecule has 1 aliphatic rings. The van der Waals surface area contributed by atoms with E-state index in [0.717, 1.165) is 34.8 Å². The van der Waals surface area contributed by atoms with Crippen molar-refractivity contribution < 1.29 is 19.0 Å². The number of nitrogens with one attached hydrogen (secondary N) is 2. The molecule has 3 aromatic carbocycles. The van der Waals surface area contributed by atoms with Crippen LogP contribution in [-0.4, -0.2) is 26.0 Å². The first-order valence-corrected chi connectivity index (χ1v) is 10.3. The molecule has 1 atom stereocenters. The lowest BCUT2D eigenvalue weighted by Gasteiger charge is -2.20. The fourth-order valence-corrected chi connectivity index (χ4v) is 3.63. The molecule has 2 amide bonds. The fraction of sp³-hybridized carbons (Fsp3) is 0.240. The average Bonchev–Trinajstić information content (AvgIpc) is 3.26. The summed E-state index contributed by atoms with van der Waals surface area (Å²) < 4.78 is 16.1. The fourth-order valence-electron chi connectivity index (χ4n) is 3.63. The van der Waals surface area contributed by atoms with E-state index < -0.39 is 0 Å². The minimum Gasteiger partial charge on any atom is -0.497 e. The summed E-state index contributed by atoms with van der Waals surface area (Å²) in [7, 11) is 1.63. The zero-order valence-electron chi connectivity index (χ0n) is 17.5. The Bertz CT molecular complexity index is 1020. The predicted molar refractivity (Wildman–Crippen MR) is 119 cm³/mol. The van der Waals surface area contributed by atoms with Crippen LogP contribution in [0.3, 0.4) is 0 Å². The van der Waals surface area contributed by atoms with Crippen LogP contribution in [0.5, 0.6) is 17.2 Å². The molecular formula is C25H26N2O4. The van der Waals surface area contributed by atoms with Gasteiger partial charge in [0.05, 0.1) is 7.11 Å². The number of methoxy groups -OCH3 is 1.